The molecule has 0 aliphatic heterocycles. The molecular weight excluding hydrogens is 289 g/mol. The summed E-state index contributed by atoms with van der Waals surface area (Å²) in [5.74, 6) is -0.841. The van der Waals surface area contributed by atoms with Crippen molar-refractivity contribution in [2.75, 3.05) is 19.7 Å². The standard InChI is InChI=1S/C13H15Cl2NO3/c1-3-16(8-11(17)19-4-2)13(18)12-9(14)6-5-7-10(12)15/h5-7H,3-4,8H2,1-2H3. The van der Waals surface area contributed by atoms with E-state index in [1.807, 2.05) is 0 Å². The predicted octanol–water partition coefficient (Wildman–Crippen LogP) is 3.02. The Morgan fingerprint density at radius 3 is 2.26 bits per heavy atom. The van der Waals surface area contributed by atoms with Gasteiger partial charge in [0.25, 0.3) is 5.91 Å². The highest BCUT2D eigenvalue weighted by molar-refractivity contribution is 6.39. The van der Waals surface area contributed by atoms with E-state index in [2.05, 4.69) is 0 Å². The Kier molecular flexibility index (Phi) is 6.12. The summed E-state index contributed by atoms with van der Waals surface area (Å²) in [6, 6.07) is 4.82. The van der Waals surface area contributed by atoms with Gasteiger partial charge in [-0.2, -0.15) is 0 Å². The highest BCUT2D eigenvalue weighted by Crippen LogP contribution is 2.25. The number of carbonyl (C=O) groups is 2. The SMILES string of the molecule is CCOC(=O)CN(CC)C(=O)c1c(Cl)cccc1Cl. The molecule has 6 heteroatoms. The van der Waals surface area contributed by atoms with Gasteiger partial charge in [0.2, 0.25) is 0 Å². The molecule has 0 radical (unpaired) electrons. The molecule has 0 aliphatic rings. The average Bonchev–Trinajstić information content (AvgIpc) is 2.35. The van der Waals surface area contributed by atoms with E-state index in [0.29, 0.717) is 6.54 Å². The van der Waals surface area contributed by atoms with Crippen LogP contribution in [-0.4, -0.2) is 36.5 Å². The van der Waals surface area contributed by atoms with E-state index in [1.165, 1.54) is 4.90 Å². The van der Waals surface area contributed by atoms with Gasteiger partial charge in [-0.3, -0.25) is 9.59 Å². The minimum absolute atomic E-state index is 0.120. The number of hydrogen-bond donors (Lipinski definition) is 0. The van der Waals surface area contributed by atoms with Crippen molar-refractivity contribution in [2.45, 2.75) is 13.8 Å². The van der Waals surface area contributed by atoms with E-state index in [1.54, 1.807) is 32.0 Å². The summed E-state index contributed by atoms with van der Waals surface area (Å²) in [7, 11) is 0. The van der Waals surface area contributed by atoms with Crippen LogP contribution >= 0.6 is 23.2 Å². The highest BCUT2D eigenvalue weighted by Gasteiger charge is 2.22. The average molecular weight is 304 g/mol. The maximum absolute atomic E-state index is 12.3. The van der Waals surface area contributed by atoms with Gasteiger partial charge in [-0.05, 0) is 26.0 Å². The van der Waals surface area contributed by atoms with Gasteiger partial charge >= 0.3 is 5.97 Å². The van der Waals surface area contributed by atoms with Gasteiger partial charge in [-0.25, -0.2) is 0 Å². The third-order valence-corrected chi connectivity index (χ3v) is 3.10. The molecule has 0 saturated heterocycles. The lowest BCUT2D eigenvalue weighted by atomic mass is 10.2. The van der Waals surface area contributed by atoms with Crippen molar-refractivity contribution in [3.05, 3.63) is 33.8 Å². The summed E-state index contributed by atoms with van der Waals surface area (Å²) >= 11 is 12.0. The van der Waals surface area contributed by atoms with Crippen molar-refractivity contribution in [1.82, 2.24) is 4.90 Å². The number of hydrogen-bond acceptors (Lipinski definition) is 3. The van der Waals surface area contributed by atoms with Crippen molar-refractivity contribution in [1.29, 1.82) is 0 Å². The van der Waals surface area contributed by atoms with Crippen LogP contribution in [0.15, 0.2) is 18.2 Å². The first-order valence-electron chi connectivity index (χ1n) is 5.90. The first kappa shape index (κ1) is 15.8. The summed E-state index contributed by atoms with van der Waals surface area (Å²) in [5.41, 5.74) is 0.206. The molecule has 1 aromatic carbocycles. The molecule has 0 N–H and O–H groups in total. The summed E-state index contributed by atoms with van der Waals surface area (Å²) < 4.78 is 4.82. The molecule has 0 unspecified atom stereocenters. The molecule has 0 bridgehead atoms. The van der Waals surface area contributed by atoms with Crippen LogP contribution in [0.2, 0.25) is 10.0 Å². The second kappa shape index (κ2) is 7.36. The zero-order valence-electron chi connectivity index (χ0n) is 10.8. The summed E-state index contributed by atoms with van der Waals surface area (Å²) in [5, 5.41) is 0.527. The Bertz CT molecular complexity index is 457. The highest BCUT2D eigenvalue weighted by atomic mass is 35.5. The van der Waals surface area contributed by atoms with Crippen LogP contribution in [0, 0.1) is 0 Å². The number of likely N-dealkylation sites (N-methyl/N-ethyl adjacent to an activating group) is 1. The van der Waals surface area contributed by atoms with Crippen molar-refractivity contribution in [3.63, 3.8) is 0 Å². The second-order valence-corrected chi connectivity index (χ2v) is 4.54. The number of halogens is 2. The van der Waals surface area contributed by atoms with E-state index >= 15 is 0 Å². The van der Waals surface area contributed by atoms with Gasteiger partial charge in [0.1, 0.15) is 6.54 Å². The van der Waals surface area contributed by atoms with E-state index in [0.717, 1.165) is 0 Å². The quantitative estimate of drug-likeness (QED) is 0.786. The maximum atomic E-state index is 12.3. The van der Waals surface area contributed by atoms with Crippen LogP contribution in [0.4, 0.5) is 0 Å². The molecule has 4 nitrogen and oxygen atoms in total. The van der Waals surface area contributed by atoms with Crippen molar-refractivity contribution >= 4 is 35.1 Å². The topological polar surface area (TPSA) is 46.6 Å². The summed E-state index contributed by atoms with van der Waals surface area (Å²) in [4.78, 5) is 25.1. The number of esters is 1. The van der Waals surface area contributed by atoms with Crippen molar-refractivity contribution < 1.29 is 14.3 Å². The van der Waals surface area contributed by atoms with E-state index in [4.69, 9.17) is 27.9 Å². The molecule has 0 aliphatic carbocycles. The molecule has 0 heterocycles. The molecule has 104 valence electrons. The van der Waals surface area contributed by atoms with Crippen LogP contribution < -0.4 is 0 Å². The Balaban J connectivity index is 2.93. The molecule has 1 aromatic rings. The Hall–Kier alpha value is -1.26. The molecule has 0 fully saturated rings. The van der Waals surface area contributed by atoms with Gasteiger partial charge in [-0.15, -0.1) is 0 Å². The van der Waals surface area contributed by atoms with Crippen LogP contribution in [0.5, 0.6) is 0 Å². The normalized spacial score (nSPS) is 10.1. The maximum Gasteiger partial charge on any atom is 0.325 e. The number of benzene rings is 1. The first-order valence-corrected chi connectivity index (χ1v) is 6.65. The molecule has 0 spiro atoms. The van der Waals surface area contributed by atoms with Crippen LogP contribution in [0.1, 0.15) is 24.2 Å². The fourth-order valence-corrected chi connectivity index (χ4v) is 2.11. The van der Waals surface area contributed by atoms with Gasteiger partial charge in [0.15, 0.2) is 0 Å². The molecule has 0 atom stereocenters. The Labute approximate surface area is 122 Å². The van der Waals surface area contributed by atoms with Gasteiger partial charge in [0, 0.05) is 6.54 Å². The second-order valence-electron chi connectivity index (χ2n) is 3.72. The Morgan fingerprint density at radius 2 is 1.79 bits per heavy atom. The molecule has 0 aromatic heterocycles. The lowest BCUT2D eigenvalue weighted by Gasteiger charge is -2.20. The van der Waals surface area contributed by atoms with E-state index in [9.17, 15) is 9.59 Å². The molecule has 0 saturated carbocycles. The monoisotopic (exact) mass is 303 g/mol. The lowest BCUT2D eigenvalue weighted by molar-refractivity contribution is -0.143. The molecule has 1 amide bonds. The summed E-state index contributed by atoms with van der Waals surface area (Å²) in [6.07, 6.45) is 0. The van der Waals surface area contributed by atoms with Crippen LogP contribution in [0.25, 0.3) is 0 Å². The van der Waals surface area contributed by atoms with Gasteiger partial charge in [0.05, 0.1) is 22.2 Å². The largest absolute Gasteiger partial charge is 0.465 e. The third kappa shape index (κ3) is 4.11. The van der Waals surface area contributed by atoms with Gasteiger partial charge < -0.3 is 9.64 Å². The van der Waals surface area contributed by atoms with Crippen LogP contribution in [-0.2, 0) is 9.53 Å². The number of nitrogens with zero attached hydrogens (tertiary/aromatic N) is 1. The predicted molar refractivity (Wildman–Crippen MR) is 74.7 cm³/mol. The van der Waals surface area contributed by atoms with Crippen molar-refractivity contribution in [2.24, 2.45) is 0 Å². The third-order valence-electron chi connectivity index (χ3n) is 2.47. The smallest absolute Gasteiger partial charge is 0.325 e. The Morgan fingerprint density at radius 1 is 1.21 bits per heavy atom. The number of ether oxygens (including phenoxy) is 1. The lowest BCUT2D eigenvalue weighted by Crippen LogP contribution is -2.36. The number of carbonyl (C=O) groups excluding carboxylic acids is 2. The number of amides is 1. The van der Waals surface area contributed by atoms with E-state index in [-0.39, 0.29) is 34.7 Å². The molecule has 19 heavy (non-hydrogen) atoms. The minimum Gasteiger partial charge on any atom is -0.465 e. The minimum atomic E-state index is -0.458. The first-order chi connectivity index (χ1) is 9.01. The zero-order valence-corrected chi connectivity index (χ0v) is 12.3. The zero-order chi connectivity index (χ0) is 14.4. The van der Waals surface area contributed by atoms with E-state index < -0.39 is 5.97 Å². The van der Waals surface area contributed by atoms with Crippen molar-refractivity contribution in [3.8, 4) is 0 Å². The fourth-order valence-electron chi connectivity index (χ4n) is 1.55. The molecular formula is C13H15Cl2NO3. The van der Waals surface area contributed by atoms with Gasteiger partial charge in [-0.1, -0.05) is 29.3 Å². The summed E-state index contributed by atoms with van der Waals surface area (Å²) in [6.45, 7) is 3.99. The molecule has 1 rings (SSSR count). The van der Waals surface area contributed by atoms with Crippen LogP contribution in [0.3, 0.4) is 0 Å². The number of rotatable bonds is 5. The fraction of sp³-hybridized carbons (Fsp3) is 0.385.